The molecule has 1 N–H and O–H groups in total. The van der Waals surface area contributed by atoms with Crippen molar-refractivity contribution in [1.29, 1.82) is 0 Å². The zero-order valence-corrected chi connectivity index (χ0v) is 15.5. The molecule has 0 aliphatic rings. The van der Waals surface area contributed by atoms with Crippen LogP contribution in [0.1, 0.15) is 6.92 Å². The first-order valence-electron chi connectivity index (χ1n) is 8.26. The van der Waals surface area contributed by atoms with Crippen molar-refractivity contribution in [1.82, 2.24) is 19.7 Å². The Hall–Kier alpha value is -3.00. The highest BCUT2D eigenvalue weighted by molar-refractivity contribution is 8.00. The molecule has 0 saturated heterocycles. The summed E-state index contributed by atoms with van der Waals surface area (Å²) in [7, 11) is 0. The monoisotopic (exact) mass is 383 g/mol. The third-order valence-electron chi connectivity index (χ3n) is 3.73. The van der Waals surface area contributed by atoms with Crippen molar-refractivity contribution in [3.63, 3.8) is 0 Å². The lowest BCUT2D eigenvalue weighted by Crippen LogP contribution is -2.23. The summed E-state index contributed by atoms with van der Waals surface area (Å²) in [4.78, 5) is 16.4. The van der Waals surface area contributed by atoms with Crippen LogP contribution in [0.3, 0.4) is 0 Å². The van der Waals surface area contributed by atoms with Gasteiger partial charge in [0.25, 0.3) is 0 Å². The standard InChI is InChI=1S/C19H18FN5OS/c1-3-12-25-17(14-8-10-21-11-9-14)23-24-19(25)27-13(2)18(26)22-16-6-4-15(20)5-7-16/h3-11,13H,1,12H2,2H3,(H,22,26). The predicted octanol–water partition coefficient (Wildman–Crippen LogP) is 3.78. The van der Waals surface area contributed by atoms with Gasteiger partial charge in [0.15, 0.2) is 11.0 Å². The van der Waals surface area contributed by atoms with Crippen LogP contribution >= 0.6 is 11.8 Å². The summed E-state index contributed by atoms with van der Waals surface area (Å²) >= 11 is 1.30. The van der Waals surface area contributed by atoms with Crippen LogP contribution in [0.4, 0.5) is 10.1 Å². The number of hydrogen-bond donors (Lipinski definition) is 1. The van der Waals surface area contributed by atoms with Crippen LogP contribution in [0.2, 0.25) is 0 Å². The van der Waals surface area contributed by atoms with Crippen molar-refractivity contribution in [2.24, 2.45) is 0 Å². The van der Waals surface area contributed by atoms with E-state index in [2.05, 4.69) is 27.1 Å². The van der Waals surface area contributed by atoms with Gasteiger partial charge in [0.05, 0.1) is 5.25 Å². The zero-order chi connectivity index (χ0) is 19.2. The number of nitrogens with zero attached hydrogens (tertiary/aromatic N) is 4. The van der Waals surface area contributed by atoms with E-state index in [-0.39, 0.29) is 11.7 Å². The molecule has 3 aromatic rings. The van der Waals surface area contributed by atoms with Crippen LogP contribution in [-0.4, -0.2) is 30.9 Å². The largest absolute Gasteiger partial charge is 0.325 e. The number of amides is 1. The summed E-state index contributed by atoms with van der Waals surface area (Å²) in [5.41, 5.74) is 1.42. The maximum absolute atomic E-state index is 13.0. The second-order valence-electron chi connectivity index (χ2n) is 5.70. The Labute approximate surface area is 160 Å². The molecule has 2 aromatic heterocycles. The Balaban J connectivity index is 1.76. The summed E-state index contributed by atoms with van der Waals surface area (Å²) in [6.45, 7) is 6.07. The van der Waals surface area contributed by atoms with Gasteiger partial charge in [0, 0.05) is 30.2 Å². The first kappa shape index (κ1) is 18.8. The number of carbonyl (C=O) groups is 1. The molecule has 0 spiro atoms. The molecule has 0 fully saturated rings. The molecule has 138 valence electrons. The number of hydrogen-bond acceptors (Lipinski definition) is 5. The van der Waals surface area contributed by atoms with Crippen LogP contribution in [0.25, 0.3) is 11.4 Å². The lowest BCUT2D eigenvalue weighted by atomic mass is 10.2. The minimum atomic E-state index is -0.423. The molecule has 8 heteroatoms. The van der Waals surface area contributed by atoms with Gasteiger partial charge in [-0.05, 0) is 43.3 Å². The molecular weight excluding hydrogens is 365 g/mol. The van der Waals surface area contributed by atoms with Gasteiger partial charge in [-0.25, -0.2) is 4.39 Å². The Kier molecular flexibility index (Phi) is 5.97. The van der Waals surface area contributed by atoms with Gasteiger partial charge in [-0.1, -0.05) is 17.8 Å². The van der Waals surface area contributed by atoms with E-state index in [1.54, 1.807) is 25.4 Å². The highest BCUT2D eigenvalue weighted by Gasteiger charge is 2.20. The van der Waals surface area contributed by atoms with E-state index in [1.165, 1.54) is 36.0 Å². The average Bonchev–Trinajstić information content (AvgIpc) is 3.07. The van der Waals surface area contributed by atoms with Crippen molar-refractivity contribution in [3.05, 3.63) is 67.3 Å². The first-order chi connectivity index (χ1) is 13.1. The molecular formula is C19H18FN5OS. The Morgan fingerprint density at radius 2 is 1.96 bits per heavy atom. The number of carbonyl (C=O) groups excluding carboxylic acids is 1. The quantitative estimate of drug-likeness (QED) is 0.496. The predicted molar refractivity (Wildman–Crippen MR) is 104 cm³/mol. The maximum Gasteiger partial charge on any atom is 0.237 e. The fourth-order valence-corrected chi connectivity index (χ4v) is 3.23. The molecule has 0 saturated carbocycles. The minimum absolute atomic E-state index is 0.203. The van der Waals surface area contributed by atoms with Gasteiger partial charge in [0.2, 0.25) is 5.91 Å². The maximum atomic E-state index is 13.0. The van der Waals surface area contributed by atoms with Gasteiger partial charge in [-0.15, -0.1) is 16.8 Å². The zero-order valence-electron chi connectivity index (χ0n) is 14.7. The molecule has 0 aliphatic carbocycles. The number of anilines is 1. The van der Waals surface area contributed by atoms with Gasteiger partial charge in [0.1, 0.15) is 5.82 Å². The van der Waals surface area contributed by atoms with E-state index in [4.69, 9.17) is 0 Å². The average molecular weight is 383 g/mol. The van der Waals surface area contributed by atoms with Crippen LogP contribution in [-0.2, 0) is 11.3 Å². The molecule has 0 aliphatic heterocycles. The number of thioether (sulfide) groups is 1. The molecule has 0 radical (unpaired) electrons. The summed E-state index contributed by atoms with van der Waals surface area (Å²) in [6, 6.07) is 9.34. The van der Waals surface area contributed by atoms with E-state index >= 15 is 0 Å². The summed E-state index contributed by atoms with van der Waals surface area (Å²) in [5.74, 6) is 0.132. The number of pyridine rings is 1. The van der Waals surface area contributed by atoms with E-state index < -0.39 is 5.25 Å². The third kappa shape index (κ3) is 4.59. The summed E-state index contributed by atoms with van der Waals surface area (Å²) < 4.78 is 14.9. The van der Waals surface area contributed by atoms with Gasteiger partial charge in [-0.3, -0.25) is 14.3 Å². The molecule has 1 aromatic carbocycles. The van der Waals surface area contributed by atoms with Gasteiger partial charge < -0.3 is 5.32 Å². The van der Waals surface area contributed by atoms with E-state index in [9.17, 15) is 9.18 Å². The summed E-state index contributed by atoms with van der Waals surface area (Å²) in [5, 5.41) is 11.4. The van der Waals surface area contributed by atoms with Crippen LogP contribution < -0.4 is 5.32 Å². The van der Waals surface area contributed by atoms with Crippen molar-refractivity contribution in [3.8, 4) is 11.4 Å². The van der Waals surface area contributed by atoms with Crippen molar-refractivity contribution < 1.29 is 9.18 Å². The Morgan fingerprint density at radius 1 is 1.26 bits per heavy atom. The molecule has 1 unspecified atom stereocenters. The second-order valence-corrected chi connectivity index (χ2v) is 7.01. The normalized spacial score (nSPS) is 11.8. The molecule has 0 bridgehead atoms. The van der Waals surface area contributed by atoms with Crippen molar-refractivity contribution in [2.75, 3.05) is 5.32 Å². The molecule has 1 atom stereocenters. The topological polar surface area (TPSA) is 72.7 Å². The molecule has 6 nitrogen and oxygen atoms in total. The van der Waals surface area contributed by atoms with Crippen molar-refractivity contribution >= 4 is 23.4 Å². The molecule has 1 amide bonds. The fourth-order valence-electron chi connectivity index (χ4n) is 2.37. The molecule has 2 heterocycles. The van der Waals surface area contributed by atoms with Crippen LogP contribution in [0.15, 0.2) is 66.6 Å². The lowest BCUT2D eigenvalue weighted by molar-refractivity contribution is -0.115. The minimum Gasteiger partial charge on any atom is -0.325 e. The van der Waals surface area contributed by atoms with Crippen LogP contribution in [0.5, 0.6) is 0 Å². The second kappa shape index (κ2) is 8.59. The number of benzene rings is 1. The smallest absolute Gasteiger partial charge is 0.237 e. The van der Waals surface area contributed by atoms with Crippen molar-refractivity contribution in [2.45, 2.75) is 23.9 Å². The van der Waals surface area contributed by atoms with Gasteiger partial charge in [-0.2, -0.15) is 0 Å². The number of allylic oxidation sites excluding steroid dienone is 1. The highest BCUT2D eigenvalue weighted by atomic mass is 32.2. The molecule has 3 rings (SSSR count). The SMILES string of the molecule is C=CCn1c(SC(C)C(=O)Nc2ccc(F)cc2)nnc1-c1ccncc1. The van der Waals surface area contributed by atoms with E-state index in [1.807, 2.05) is 16.7 Å². The van der Waals surface area contributed by atoms with Crippen LogP contribution in [0, 0.1) is 5.82 Å². The van der Waals surface area contributed by atoms with Gasteiger partial charge >= 0.3 is 0 Å². The number of aromatic nitrogens is 4. The number of nitrogens with one attached hydrogen (secondary N) is 1. The first-order valence-corrected chi connectivity index (χ1v) is 9.14. The fraction of sp³-hybridized carbons (Fsp3) is 0.158. The highest BCUT2D eigenvalue weighted by Crippen LogP contribution is 2.27. The number of rotatable bonds is 7. The van der Waals surface area contributed by atoms with E-state index in [0.29, 0.717) is 23.2 Å². The Morgan fingerprint density at radius 3 is 2.63 bits per heavy atom. The summed E-state index contributed by atoms with van der Waals surface area (Å²) in [6.07, 6.45) is 5.13. The lowest BCUT2D eigenvalue weighted by Gasteiger charge is -2.13. The molecule has 27 heavy (non-hydrogen) atoms. The van der Waals surface area contributed by atoms with E-state index in [0.717, 1.165) is 5.56 Å². The Bertz CT molecular complexity index is 927. The number of halogens is 1. The third-order valence-corrected chi connectivity index (χ3v) is 4.81.